The van der Waals surface area contributed by atoms with Crippen LogP contribution in [-0.2, 0) is 6.54 Å². The van der Waals surface area contributed by atoms with Crippen LogP contribution in [0.25, 0.3) is 0 Å². The molecule has 0 saturated heterocycles. The highest BCUT2D eigenvalue weighted by Crippen LogP contribution is 2.04. The maximum atomic E-state index is 8.89. The second-order valence-corrected chi connectivity index (χ2v) is 3.76. The highest BCUT2D eigenvalue weighted by atomic mass is 16.3. The van der Waals surface area contributed by atoms with Gasteiger partial charge in [-0.1, -0.05) is 37.3 Å². The summed E-state index contributed by atoms with van der Waals surface area (Å²) >= 11 is 0. The maximum absolute atomic E-state index is 8.89. The fraction of sp³-hybridized carbons (Fsp3) is 0.500. The Morgan fingerprint density at radius 3 is 2.53 bits per heavy atom. The van der Waals surface area contributed by atoms with Crippen molar-refractivity contribution in [2.24, 2.45) is 5.73 Å². The Bertz CT molecular complexity index is 264. The van der Waals surface area contributed by atoms with Gasteiger partial charge in [0.15, 0.2) is 0 Å². The summed E-state index contributed by atoms with van der Waals surface area (Å²) in [5, 5.41) is 8.89. The first-order valence-corrected chi connectivity index (χ1v) is 5.39. The first-order chi connectivity index (χ1) is 7.26. The van der Waals surface area contributed by atoms with E-state index < -0.39 is 0 Å². The molecule has 0 heterocycles. The van der Waals surface area contributed by atoms with E-state index in [-0.39, 0.29) is 12.6 Å². The van der Waals surface area contributed by atoms with E-state index in [1.807, 2.05) is 18.2 Å². The predicted molar refractivity (Wildman–Crippen MR) is 62.5 cm³/mol. The fourth-order valence-corrected chi connectivity index (χ4v) is 1.54. The van der Waals surface area contributed by atoms with Crippen molar-refractivity contribution in [1.29, 1.82) is 0 Å². The first kappa shape index (κ1) is 12.2. The van der Waals surface area contributed by atoms with Crippen LogP contribution < -0.4 is 5.73 Å². The molecule has 0 radical (unpaired) electrons. The molecule has 0 bridgehead atoms. The van der Waals surface area contributed by atoms with Crippen LogP contribution in [0.2, 0.25) is 0 Å². The first-order valence-electron chi connectivity index (χ1n) is 5.39. The zero-order valence-electron chi connectivity index (χ0n) is 9.26. The molecule has 0 aliphatic rings. The number of benzene rings is 1. The number of hydrogen-bond donors (Lipinski definition) is 2. The third-order valence-corrected chi connectivity index (χ3v) is 2.42. The highest BCUT2D eigenvalue weighted by molar-refractivity contribution is 5.14. The van der Waals surface area contributed by atoms with E-state index in [4.69, 9.17) is 10.8 Å². The predicted octanol–water partition coefficient (Wildman–Crippen LogP) is 0.828. The van der Waals surface area contributed by atoms with Crippen molar-refractivity contribution in [2.45, 2.75) is 19.5 Å². The molecule has 3 N–H and O–H groups in total. The van der Waals surface area contributed by atoms with Gasteiger partial charge in [-0.15, -0.1) is 0 Å². The van der Waals surface area contributed by atoms with Crippen LogP contribution >= 0.6 is 0 Å². The van der Waals surface area contributed by atoms with Crippen molar-refractivity contribution in [3.05, 3.63) is 35.9 Å². The van der Waals surface area contributed by atoms with Gasteiger partial charge in [0.2, 0.25) is 0 Å². The largest absolute Gasteiger partial charge is 0.395 e. The average molecular weight is 208 g/mol. The van der Waals surface area contributed by atoms with Crippen LogP contribution in [0, 0.1) is 0 Å². The monoisotopic (exact) mass is 208 g/mol. The van der Waals surface area contributed by atoms with Crippen molar-refractivity contribution in [1.82, 2.24) is 4.90 Å². The van der Waals surface area contributed by atoms with Crippen LogP contribution in [0.4, 0.5) is 0 Å². The third kappa shape index (κ3) is 4.42. The fourth-order valence-electron chi connectivity index (χ4n) is 1.54. The van der Waals surface area contributed by atoms with Gasteiger partial charge in [-0.3, -0.25) is 4.90 Å². The summed E-state index contributed by atoms with van der Waals surface area (Å²) in [6.45, 7) is 4.73. The minimum Gasteiger partial charge on any atom is -0.395 e. The van der Waals surface area contributed by atoms with Crippen molar-refractivity contribution in [3.63, 3.8) is 0 Å². The van der Waals surface area contributed by atoms with Gasteiger partial charge in [-0.25, -0.2) is 0 Å². The van der Waals surface area contributed by atoms with E-state index >= 15 is 0 Å². The number of nitrogens with two attached hydrogens (primary N) is 1. The highest BCUT2D eigenvalue weighted by Gasteiger charge is 2.08. The molecule has 3 nitrogen and oxygen atoms in total. The molecular weight excluding hydrogens is 188 g/mol. The molecule has 1 atom stereocenters. The lowest BCUT2D eigenvalue weighted by Gasteiger charge is -2.23. The Hall–Kier alpha value is -0.900. The maximum Gasteiger partial charge on any atom is 0.0595 e. The second kappa shape index (κ2) is 6.56. The number of hydrogen-bond acceptors (Lipinski definition) is 3. The summed E-state index contributed by atoms with van der Waals surface area (Å²) in [7, 11) is 0. The zero-order valence-corrected chi connectivity index (χ0v) is 9.26. The Morgan fingerprint density at radius 1 is 1.33 bits per heavy atom. The smallest absolute Gasteiger partial charge is 0.0595 e. The lowest BCUT2D eigenvalue weighted by atomic mass is 10.2. The van der Waals surface area contributed by atoms with Crippen LogP contribution in [0.1, 0.15) is 12.5 Å². The molecule has 15 heavy (non-hydrogen) atoms. The van der Waals surface area contributed by atoms with Gasteiger partial charge >= 0.3 is 0 Å². The Morgan fingerprint density at radius 2 is 2.00 bits per heavy atom. The number of nitrogens with zero attached hydrogens (tertiary/aromatic N) is 1. The molecule has 84 valence electrons. The molecule has 0 saturated carbocycles. The molecule has 0 aromatic heterocycles. The quantitative estimate of drug-likeness (QED) is 0.728. The van der Waals surface area contributed by atoms with Crippen LogP contribution in [-0.4, -0.2) is 35.7 Å². The van der Waals surface area contributed by atoms with Gasteiger partial charge in [0.05, 0.1) is 6.61 Å². The topological polar surface area (TPSA) is 49.5 Å². The molecule has 0 spiro atoms. The molecule has 3 heteroatoms. The van der Waals surface area contributed by atoms with Crippen LogP contribution in [0.5, 0.6) is 0 Å². The normalized spacial score (nSPS) is 13.1. The lowest BCUT2D eigenvalue weighted by molar-refractivity contribution is 0.202. The van der Waals surface area contributed by atoms with Crippen molar-refractivity contribution >= 4 is 0 Å². The average Bonchev–Trinajstić information content (AvgIpc) is 2.29. The lowest BCUT2D eigenvalue weighted by Crippen LogP contribution is -2.39. The number of likely N-dealkylation sites (N-methyl/N-ethyl adjacent to an activating group) is 1. The molecule has 1 aromatic rings. The van der Waals surface area contributed by atoms with Crippen molar-refractivity contribution in [2.75, 3.05) is 19.7 Å². The molecule has 0 aliphatic heterocycles. The van der Waals surface area contributed by atoms with Crippen molar-refractivity contribution in [3.8, 4) is 0 Å². The molecule has 0 fully saturated rings. The number of rotatable bonds is 6. The van der Waals surface area contributed by atoms with Gasteiger partial charge in [0.1, 0.15) is 0 Å². The van der Waals surface area contributed by atoms with Gasteiger partial charge in [0.25, 0.3) is 0 Å². The molecule has 0 aliphatic carbocycles. The summed E-state index contributed by atoms with van der Waals surface area (Å²) in [5.74, 6) is 0. The van der Waals surface area contributed by atoms with E-state index in [1.54, 1.807) is 0 Å². The standard InChI is InChI=1S/C12H20N2O/c1-2-14(9-12(13)10-15)8-11-6-4-3-5-7-11/h3-7,12,15H,2,8-10,13H2,1H3/t12-/m0/s1. The Kier molecular flexibility index (Phi) is 5.32. The zero-order chi connectivity index (χ0) is 11.1. The van der Waals surface area contributed by atoms with Crippen LogP contribution in [0.3, 0.4) is 0 Å². The molecule has 0 amide bonds. The second-order valence-electron chi connectivity index (χ2n) is 3.76. The van der Waals surface area contributed by atoms with Crippen molar-refractivity contribution < 1.29 is 5.11 Å². The van der Waals surface area contributed by atoms with Crippen LogP contribution in [0.15, 0.2) is 30.3 Å². The van der Waals surface area contributed by atoms with E-state index in [2.05, 4.69) is 24.0 Å². The van der Waals surface area contributed by atoms with E-state index in [1.165, 1.54) is 5.56 Å². The van der Waals surface area contributed by atoms with Gasteiger partial charge in [-0.2, -0.15) is 0 Å². The third-order valence-electron chi connectivity index (χ3n) is 2.42. The number of aliphatic hydroxyl groups excluding tert-OH is 1. The van der Waals surface area contributed by atoms with E-state index in [0.29, 0.717) is 0 Å². The summed E-state index contributed by atoms with van der Waals surface area (Å²) in [6.07, 6.45) is 0. The minimum atomic E-state index is -0.145. The summed E-state index contributed by atoms with van der Waals surface area (Å²) in [4.78, 5) is 2.23. The Balaban J connectivity index is 2.47. The SMILES string of the molecule is CCN(Cc1ccccc1)C[C@H](N)CO. The van der Waals surface area contributed by atoms with Gasteiger partial charge in [-0.05, 0) is 12.1 Å². The molecule has 1 rings (SSSR count). The molecule has 1 aromatic carbocycles. The van der Waals surface area contributed by atoms with E-state index in [9.17, 15) is 0 Å². The van der Waals surface area contributed by atoms with Gasteiger partial charge < -0.3 is 10.8 Å². The summed E-state index contributed by atoms with van der Waals surface area (Å²) < 4.78 is 0. The minimum absolute atomic E-state index is 0.0469. The summed E-state index contributed by atoms with van der Waals surface area (Å²) in [6, 6.07) is 10.2. The number of aliphatic hydroxyl groups is 1. The van der Waals surface area contributed by atoms with Gasteiger partial charge in [0, 0.05) is 19.1 Å². The van der Waals surface area contributed by atoms with E-state index in [0.717, 1.165) is 19.6 Å². The molecular formula is C12H20N2O. The Labute approximate surface area is 91.5 Å². The summed E-state index contributed by atoms with van der Waals surface area (Å²) in [5.41, 5.74) is 6.99. The molecule has 0 unspecified atom stereocenters.